The first-order valence-corrected chi connectivity index (χ1v) is 21.4. The average molecular weight is 807 g/mol. The predicted octanol–water partition coefficient (Wildman–Crippen LogP) is 16.8. The molecule has 63 heavy (non-hydrogen) atoms. The van der Waals surface area contributed by atoms with Crippen molar-refractivity contribution in [2.45, 2.75) is 0 Å². The fourth-order valence-corrected chi connectivity index (χ4v) is 9.63. The summed E-state index contributed by atoms with van der Waals surface area (Å²) in [6, 6.07) is 78.0. The van der Waals surface area contributed by atoms with E-state index in [2.05, 4.69) is 161 Å². The van der Waals surface area contributed by atoms with E-state index in [0.29, 0.717) is 5.69 Å². The van der Waals surface area contributed by atoms with Crippen molar-refractivity contribution in [3.63, 3.8) is 0 Å². The van der Waals surface area contributed by atoms with Crippen LogP contribution in [0.5, 0.6) is 0 Å². The minimum Gasteiger partial charge on any atom is -0.309 e. The highest BCUT2D eigenvalue weighted by atomic mass is 19.1. The van der Waals surface area contributed by atoms with E-state index in [0.717, 1.165) is 66.6 Å². The molecule has 0 atom stereocenters. The quantitative estimate of drug-likeness (QED) is 0.110. The van der Waals surface area contributed by atoms with Crippen molar-refractivity contribution in [3.8, 4) is 27.9 Å². The number of aromatic nitrogens is 1. The average Bonchev–Trinajstić information content (AvgIpc) is 3.69. The number of hydrogen-bond acceptors (Lipinski definition) is 1. The maximum atomic E-state index is 17.0. The largest absolute Gasteiger partial charge is 0.309 e. The van der Waals surface area contributed by atoms with Crippen molar-refractivity contribution in [1.29, 1.82) is 0 Å². The minimum absolute atomic E-state index is 0.290. The van der Waals surface area contributed by atoms with Crippen molar-refractivity contribution in [1.82, 2.24) is 4.57 Å². The van der Waals surface area contributed by atoms with E-state index in [1.54, 1.807) is 6.07 Å². The molecule has 12 rings (SSSR count). The Kier molecular flexibility index (Phi) is 8.72. The maximum Gasteiger partial charge on any atom is 0.148 e. The summed E-state index contributed by atoms with van der Waals surface area (Å²) < 4.78 is 19.4. The van der Waals surface area contributed by atoms with E-state index in [1.165, 1.54) is 38.0 Å². The third-order valence-corrected chi connectivity index (χ3v) is 12.5. The first kappa shape index (κ1) is 36.6. The fraction of sp³-hybridized carbons (Fsp3) is 0. The number of fused-ring (bicyclic) bond motifs is 3. The molecule has 0 saturated heterocycles. The van der Waals surface area contributed by atoms with Crippen molar-refractivity contribution < 1.29 is 4.39 Å². The lowest BCUT2D eigenvalue weighted by Crippen LogP contribution is -2.13. The molecular weight excluding hydrogens is 768 g/mol. The summed E-state index contributed by atoms with van der Waals surface area (Å²) in [6.45, 7) is 0. The van der Waals surface area contributed by atoms with Crippen LogP contribution in [0, 0.1) is 5.82 Å². The molecule has 0 fully saturated rings. The highest BCUT2D eigenvalue weighted by molar-refractivity contribution is 6.24. The molecule has 0 aliphatic heterocycles. The Morgan fingerprint density at radius 1 is 0.381 bits per heavy atom. The standard InChI is InChI=1S/C60H39FN2/c61-55-39-48(42-14-5-1-6-15-42)38-54(43-16-7-2-8-17-43)60(55)62(49-19-9-3-10-20-49)51-31-33-53-46(37-51)29-28-45-34-40(26-32-52(45)53)24-25-41-35-47-30-27-44-18-13-23-56-58(44)59(47)57(36-41)63(56)50-21-11-4-12-22-50/h1-39H. The van der Waals surface area contributed by atoms with Gasteiger partial charge in [0.1, 0.15) is 5.82 Å². The highest BCUT2D eigenvalue weighted by Gasteiger charge is 2.23. The van der Waals surface area contributed by atoms with E-state index in [1.807, 2.05) is 78.9 Å². The van der Waals surface area contributed by atoms with Gasteiger partial charge in [0, 0.05) is 33.4 Å². The molecule has 1 aromatic heterocycles. The van der Waals surface area contributed by atoms with Gasteiger partial charge in [-0.3, -0.25) is 0 Å². The first-order chi connectivity index (χ1) is 31.1. The lowest BCUT2D eigenvalue weighted by molar-refractivity contribution is 0.630. The zero-order valence-corrected chi connectivity index (χ0v) is 34.3. The Labute approximate surface area is 365 Å². The fourth-order valence-electron chi connectivity index (χ4n) is 9.63. The van der Waals surface area contributed by atoms with Crippen LogP contribution in [0.2, 0.25) is 0 Å². The van der Waals surface area contributed by atoms with Crippen LogP contribution in [0.1, 0.15) is 11.1 Å². The smallest absolute Gasteiger partial charge is 0.148 e. The number of nitrogens with zero attached hydrogens (tertiary/aromatic N) is 2. The van der Waals surface area contributed by atoms with Gasteiger partial charge in [-0.1, -0.05) is 164 Å². The number of rotatable bonds is 8. The molecule has 12 aromatic rings. The van der Waals surface area contributed by atoms with Crippen LogP contribution in [0.4, 0.5) is 21.5 Å². The summed E-state index contributed by atoms with van der Waals surface area (Å²) in [4.78, 5) is 2.06. The summed E-state index contributed by atoms with van der Waals surface area (Å²) in [6.07, 6.45) is 4.45. The number of benzene rings is 11. The normalized spacial score (nSPS) is 11.8. The van der Waals surface area contributed by atoms with Crippen LogP contribution in [0.25, 0.3) is 94.2 Å². The Morgan fingerprint density at radius 3 is 1.75 bits per heavy atom. The van der Waals surface area contributed by atoms with Crippen LogP contribution in [-0.4, -0.2) is 4.57 Å². The lowest BCUT2D eigenvalue weighted by Gasteiger charge is -2.29. The number of para-hydroxylation sites is 2. The van der Waals surface area contributed by atoms with Gasteiger partial charge in [-0.25, -0.2) is 4.39 Å². The second-order valence-electron chi connectivity index (χ2n) is 16.3. The molecule has 0 radical (unpaired) electrons. The third kappa shape index (κ3) is 6.33. The molecule has 0 bridgehead atoms. The van der Waals surface area contributed by atoms with E-state index < -0.39 is 0 Å². The third-order valence-electron chi connectivity index (χ3n) is 12.5. The van der Waals surface area contributed by atoms with Gasteiger partial charge < -0.3 is 9.47 Å². The molecular formula is C60H39FN2. The summed E-state index contributed by atoms with van der Waals surface area (Å²) in [5, 5.41) is 9.68. The Morgan fingerprint density at radius 2 is 0.984 bits per heavy atom. The Bertz CT molecular complexity index is 3670. The summed E-state index contributed by atoms with van der Waals surface area (Å²) in [5.74, 6) is -0.290. The van der Waals surface area contributed by atoms with Gasteiger partial charge in [0.2, 0.25) is 0 Å². The van der Waals surface area contributed by atoms with E-state index in [4.69, 9.17) is 0 Å². The second-order valence-corrected chi connectivity index (χ2v) is 16.3. The molecule has 0 aliphatic rings. The van der Waals surface area contributed by atoms with Gasteiger partial charge in [-0.05, 0) is 133 Å². The molecule has 0 unspecified atom stereocenters. The second kappa shape index (κ2) is 15.0. The van der Waals surface area contributed by atoms with Crippen molar-refractivity contribution in [2.24, 2.45) is 0 Å². The number of hydrogen-bond donors (Lipinski definition) is 0. The van der Waals surface area contributed by atoms with Gasteiger partial charge in [-0.15, -0.1) is 0 Å². The van der Waals surface area contributed by atoms with Crippen LogP contribution in [-0.2, 0) is 0 Å². The summed E-state index contributed by atoms with van der Waals surface area (Å²) >= 11 is 0. The van der Waals surface area contributed by atoms with Gasteiger partial charge >= 0.3 is 0 Å². The van der Waals surface area contributed by atoms with Gasteiger partial charge in [-0.2, -0.15) is 0 Å². The van der Waals surface area contributed by atoms with Gasteiger partial charge in [0.25, 0.3) is 0 Å². The van der Waals surface area contributed by atoms with Crippen molar-refractivity contribution in [2.75, 3.05) is 4.90 Å². The van der Waals surface area contributed by atoms with Crippen LogP contribution >= 0.6 is 0 Å². The molecule has 1 heterocycles. The number of anilines is 3. The summed E-state index contributed by atoms with van der Waals surface area (Å²) in [5.41, 5.74) is 11.7. The summed E-state index contributed by atoms with van der Waals surface area (Å²) in [7, 11) is 0. The monoisotopic (exact) mass is 806 g/mol. The van der Waals surface area contributed by atoms with Crippen molar-refractivity contribution in [3.05, 3.63) is 241 Å². The molecule has 296 valence electrons. The molecule has 0 aliphatic carbocycles. The van der Waals surface area contributed by atoms with E-state index >= 15 is 4.39 Å². The van der Waals surface area contributed by atoms with E-state index in [-0.39, 0.29) is 5.82 Å². The van der Waals surface area contributed by atoms with Gasteiger partial charge in [0.05, 0.1) is 16.7 Å². The lowest BCUT2D eigenvalue weighted by atomic mass is 9.95. The minimum atomic E-state index is -0.290. The SMILES string of the molecule is Fc1cc(-c2ccccc2)cc(-c2ccccc2)c1N(c1ccccc1)c1ccc2c(ccc3cc(C=Cc4cc5ccc6cccc7c6c5c(c4)n7-c4ccccc4)ccc32)c1. The predicted molar refractivity (Wildman–Crippen MR) is 265 cm³/mol. The molecule has 11 aromatic carbocycles. The van der Waals surface area contributed by atoms with Crippen LogP contribution in [0.15, 0.2) is 224 Å². The Balaban J connectivity index is 0.934. The molecule has 0 saturated carbocycles. The number of halogens is 1. The zero-order chi connectivity index (χ0) is 41.9. The van der Waals surface area contributed by atoms with Gasteiger partial charge in [0.15, 0.2) is 0 Å². The van der Waals surface area contributed by atoms with Crippen LogP contribution in [0.3, 0.4) is 0 Å². The molecule has 0 amide bonds. The van der Waals surface area contributed by atoms with E-state index in [9.17, 15) is 0 Å². The maximum absolute atomic E-state index is 17.0. The highest BCUT2D eigenvalue weighted by Crippen LogP contribution is 2.46. The molecule has 0 spiro atoms. The molecule has 3 heteroatoms. The zero-order valence-electron chi connectivity index (χ0n) is 34.3. The molecule has 0 N–H and O–H groups in total. The Hall–Kier alpha value is -8.27. The molecule has 2 nitrogen and oxygen atoms in total. The topological polar surface area (TPSA) is 8.17 Å². The van der Waals surface area contributed by atoms with Crippen molar-refractivity contribution >= 4 is 83.3 Å². The van der Waals surface area contributed by atoms with Crippen LogP contribution < -0.4 is 4.90 Å². The first-order valence-electron chi connectivity index (χ1n) is 21.4.